The summed E-state index contributed by atoms with van der Waals surface area (Å²) in [5.74, 6) is 0. The highest BCUT2D eigenvalue weighted by Gasteiger charge is 2.22. The van der Waals surface area contributed by atoms with Crippen molar-refractivity contribution in [2.75, 3.05) is 6.54 Å². The molecular weight excluding hydrogens is 667 g/mol. The van der Waals surface area contributed by atoms with Crippen LogP contribution < -0.4 is 5.73 Å². The van der Waals surface area contributed by atoms with Crippen LogP contribution in [-0.2, 0) is 0 Å². The van der Waals surface area contributed by atoms with Crippen LogP contribution in [0.5, 0.6) is 0 Å². The van der Waals surface area contributed by atoms with Crippen molar-refractivity contribution in [3.05, 3.63) is 215 Å². The molecule has 3 heteroatoms. The van der Waals surface area contributed by atoms with Gasteiger partial charge in [-0.25, -0.2) is 0 Å². The number of nitrogens with two attached hydrogens (primary N) is 1. The fraction of sp³-hybridized carbons (Fsp3) is 0.192. The number of aryl methyl sites for hydroxylation is 1. The second-order valence-electron chi connectivity index (χ2n) is 14.1. The van der Waals surface area contributed by atoms with Crippen molar-refractivity contribution in [2.24, 2.45) is 5.73 Å². The minimum Gasteiger partial charge on any atom is -0.405 e. The van der Waals surface area contributed by atoms with Gasteiger partial charge in [0.05, 0.1) is 11.2 Å². The molecule has 0 spiro atoms. The standard InChI is InChI=1S/C50H47N3.C2H6/c1-36-33-41(21-14-32-52(49-25-11-5-10-24-46(36)49)45-23-13-20-42(34-45)39-17-8-4-9-18-39)43-27-29-50-47(35-43)37(2)48(30-31-51)53(50)44-22-12-19-40(26-28-44)38-15-6-3-7-16-38;1-2/h4-6,8-9,11-12,14-19,21,23-31,33-35H,1,3,7,10,13,20,22,32,51H2,2H3;1-2H3/b21-14-,31-30-,41-33+;. The van der Waals surface area contributed by atoms with Gasteiger partial charge in [0.2, 0.25) is 0 Å². The lowest BCUT2D eigenvalue weighted by Crippen LogP contribution is -2.24. The second-order valence-corrected chi connectivity index (χ2v) is 14.1. The van der Waals surface area contributed by atoms with E-state index in [-0.39, 0.29) is 0 Å². The maximum Gasteiger partial charge on any atom is 0.0534 e. The van der Waals surface area contributed by atoms with Crippen molar-refractivity contribution < 1.29 is 0 Å². The molecule has 8 rings (SSSR count). The van der Waals surface area contributed by atoms with Gasteiger partial charge in [0.15, 0.2) is 0 Å². The maximum atomic E-state index is 6.07. The number of hydrogen-bond acceptors (Lipinski definition) is 2. The predicted molar refractivity (Wildman–Crippen MR) is 238 cm³/mol. The Hall–Kier alpha value is -6.06. The number of rotatable bonds is 6. The SMILES string of the molecule is C=C1/C=C(c2ccc3c(c2)c(C)c(/C=C\N)n3C2=CC=C(C3=CCCC=C3)C=CC2)\C=C/CN(C2=CCCC(c3ccccc3)=C2)C2=CC=CCC=C12.CC. The molecule has 2 heterocycles. The Morgan fingerprint density at radius 1 is 0.764 bits per heavy atom. The Labute approximate surface area is 328 Å². The zero-order valence-corrected chi connectivity index (χ0v) is 32.6. The first-order chi connectivity index (χ1) is 27.1. The molecule has 4 aliphatic carbocycles. The van der Waals surface area contributed by atoms with Gasteiger partial charge in [-0.15, -0.1) is 0 Å². The predicted octanol–water partition coefficient (Wildman–Crippen LogP) is 13.3. The van der Waals surface area contributed by atoms with E-state index in [4.69, 9.17) is 5.73 Å². The molecule has 3 nitrogen and oxygen atoms in total. The van der Waals surface area contributed by atoms with E-state index < -0.39 is 0 Å². The van der Waals surface area contributed by atoms with Gasteiger partial charge in [0, 0.05) is 41.0 Å². The van der Waals surface area contributed by atoms with Crippen molar-refractivity contribution in [1.29, 1.82) is 0 Å². The van der Waals surface area contributed by atoms with Crippen LogP contribution in [0.25, 0.3) is 33.8 Å². The van der Waals surface area contributed by atoms with Crippen LogP contribution in [-0.4, -0.2) is 16.0 Å². The number of allylic oxidation sites excluding steroid dienone is 21. The summed E-state index contributed by atoms with van der Waals surface area (Å²) in [7, 11) is 0. The molecule has 3 aromatic rings. The molecule has 1 aromatic heterocycles. The van der Waals surface area contributed by atoms with Gasteiger partial charge < -0.3 is 15.2 Å². The minimum absolute atomic E-state index is 0.749. The van der Waals surface area contributed by atoms with Gasteiger partial charge >= 0.3 is 0 Å². The molecule has 0 amide bonds. The molecule has 1 aliphatic heterocycles. The second kappa shape index (κ2) is 17.4. The molecule has 0 unspecified atom stereocenters. The summed E-state index contributed by atoms with van der Waals surface area (Å²) in [5.41, 5.74) is 22.9. The quantitative estimate of drug-likeness (QED) is 0.275. The summed E-state index contributed by atoms with van der Waals surface area (Å²) in [6.07, 6.45) is 46.2. The highest BCUT2D eigenvalue weighted by Crippen LogP contribution is 2.38. The number of fused-ring (bicyclic) bond motifs is 2. The molecular formula is C52H53N3. The topological polar surface area (TPSA) is 34.2 Å². The molecule has 2 N–H and O–H groups in total. The Kier molecular flexibility index (Phi) is 11.8. The molecule has 276 valence electrons. The van der Waals surface area contributed by atoms with E-state index in [1.54, 1.807) is 6.20 Å². The van der Waals surface area contributed by atoms with Crippen molar-refractivity contribution in [1.82, 2.24) is 9.47 Å². The van der Waals surface area contributed by atoms with Crippen molar-refractivity contribution in [3.63, 3.8) is 0 Å². The van der Waals surface area contributed by atoms with Crippen molar-refractivity contribution in [2.45, 2.75) is 59.3 Å². The molecule has 0 radical (unpaired) electrons. The molecule has 5 aliphatic rings. The van der Waals surface area contributed by atoms with Crippen LogP contribution in [0.4, 0.5) is 0 Å². The van der Waals surface area contributed by atoms with Crippen LogP contribution in [0.1, 0.15) is 74.8 Å². The Bertz CT molecular complexity index is 2380. The van der Waals surface area contributed by atoms with E-state index >= 15 is 0 Å². The Morgan fingerprint density at radius 2 is 1.60 bits per heavy atom. The van der Waals surface area contributed by atoms with Crippen LogP contribution in [0.3, 0.4) is 0 Å². The third kappa shape index (κ3) is 7.93. The first kappa shape index (κ1) is 37.3. The van der Waals surface area contributed by atoms with Crippen LogP contribution in [0.2, 0.25) is 0 Å². The average Bonchev–Trinajstić information content (AvgIpc) is 3.45. The summed E-state index contributed by atoms with van der Waals surface area (Å²) >= 11 is 0. The summed E-state index contributed by atoms with van der Waals surface area (Å²) in [6.45, 7) is 11.6. The molecule has 2 aromatic carbocycles. The van der Waals surface area contributed by atoms with E-state index in [2.05, 4.69) is 169 Å². The van der Waals surface area contributed by atoms with Crippen LogP contribution in [0, 0.1) is 6.92 Å². The van der Waals surface area contributed by atoms with Gasteiger partial charge in [-0.05, 0) is 132 Å². The van der Waals surface area contributed by atoms with Crippen LogP contribution in [0.15, 0.2) is 192 Å². The third-order valence-corrected chi connectivity index (χ3v) is 10.8. The summed E-state index contributed by atoms with van der Waals surface area (Å²) < 4.78 is 2.38. The molecule has 0 saturated heterocycles. The van der Waals surface area contributed by atoms with Gasteiger partial charge in [-0.2, -0.15) is 0 Å². The Balaban J connectivity index is 0.00000229. The average molecular weight is 720 g/mol. The Morgan fingerprint density at radius 3 is 2.42 bits per heavy atom. The lowest BCUT2D eigenvalue weighted by atomic mass is 9.94. The molecule has 55 heavy (non-hydrogen) atoms. The van der Waals surface area contributed by atoms with Gasteiger partial charge in [0.25, 0.3) is 0 Å². The molecule has 0 saturated carbocycles. The molecule has 0 bridgehead atoms. The fourth-order valence-electron chi connectivity index (χ4n) is 8.07. The third-order valence-electron chi connectivity index (χ3n) is 10.8. The summed E-state index contributed by atoms with van der Waals surface area (Å²) in [4.78, 5) is 2.46. The number of aromatic nitrogens is 1. The monoisotopic (exact) mass is 719 g/mol. The van der Waals surface area contributed by atoms with E-state index in [9.17, 15) is 0 Å². The normalized spacial score (nSPS) is 20.1. The van der Waals surface area contributed by atoms with Crippen LogP contribution >= 0.6 is 0 Å². The first-order valence-corrected chi connectivity index (χ1v) is 20.0. The lowest BCUT2D eigenvalue weighted by molar-refractivity contribution is 0.493. The number of hydrogen-bond donors (Lipinski definition) is 1. The largest absolute Gasteiger partial charge is 0.405 e. The van der Waals surface area contributed by atoms with E-state index in [1.165, 1.54) is 67.0 Å². The summed E-state index contributed by atoms with van der Waals surface area (Å²) in [6, 6.07) is 17.7. The van der Waals surface area contributed by atoms with E-state index in [1.807, 2.05) is 19.9 Å². The minimum atomic E-state index is 0.749. The fourth-order valence-corrected chi connectivity index (χ4v) is 8.07. The zero-order chi connectivity index (χ0) is 38.1. The number of nitrogens with zero attached hydrogens (tertiary/aromatic N) is 2. The molecule has 0 atom stereocenters. The van der Waals surface area contributed by atoms with E-state index in [0.717, 1.165) is 61.9 Å². The summed E-state index contributed by atoms with van der Waals surface area (Å²) in [5, 5.41) is 1.22. The first-order valence-electron chi connectivity index (χ1n) is 20.0. The highest BCUT2D eigenvalue weighted by atomic mass is 15.1. The maximum absolute atomic E-state index is 6.07. The van der Waals surface area contributed by atoms with Gasteiger partial charge in [-0.3, -0.25) is 0 Å². The highest BCUT2D eigenvalue weighted by molar-refractivity contribution is 5.95. The molecule has 0 fully saturated rings. The number of benzene rings is 2. The van der Waals surface area contributed by atoms with E-state index in [0.29, 0.717) is 0 Å². The van der Waals surface area contributed by atoms with Crippen molar-refractivity contribution in [3.8, 4) is 0 Å². The zero-order valence-electron chi connectivity index (χ0n) is 32.6. The van der Waals surface area contributed by atoms with Gasteiger partial charge in [-0.1, -0.05) is 130 Å². The van der Waals surface area contributed by atoms with Crippen molar-refractivity contribution >= 4 is 33.8 Å². The smallest absolute Gasteiger partial charge is 0.0534 e. The lowest BCUT2D eigenvalue weighted by Gasteiger charge is -2.31. The van der Waals surface area contributed by atoms with Gasteiger partial charge in [0.1, 0.15) is 0 Å².